The molecule has 0 radical (unpaired) electrons. The van der Waals surface area contributed by atoms with Crippen LogP contribution in [0.25, 0.3) is 0 Å². The monoisotopic (exact) mass is 170 g/mol. The molecule has 0 amide bonds. The highest BCUT2D eigenvalue weighted by atomic mass is 16.6. The Morgan fingerprint density at radius 2 is 1.92 bits per heavy atom. The predicted molar refractivity (Wildman–Crippen MR) is 42.6 cm³/mol. The van der Waals surface area contributed by atoms with Gasteiger partial charge in [-0.1, -0.05) is 0 Å². The van der Waals surface area contributed by atoms with Crippen LogP contribution in [-0.4, -0.2) is 36.5 Å². The van der Waals surface area contributed by atoms with Crippen molar-refractivity contribution in [1.29, 1.82) is 0 Å². The molecule has 4 heteroatoms. The molecule has 3 heterocycles. The molecule has 4 aliphatic rings. The van der Waals surface area contributed by atoms with Crippen LogP contribution in [0, 0.1) is 0 Å². The van der Waals surface area contributed by atoms with Crippen LogP contribution in [0.4, 0.5) is 0 Å². The van der Waals surface area contributed by atoms with E-state index >= 15 is 0 Å². The highest BCUT2D eigenvalue weighted by Gasteiger charge is 2.75. The van der Waals surface area contributed by atoms with E-state index in [4.69, 9.17) is 20.9 Å². The van der Waals surface area contributed by atoms with Crippen molar-refractivity contribution in [2.75, 3.05) is 19.8 Å². The number of ether oxygens (including phenoxy) is 2. The Kier molecular flexibility index (Phi) is 1.03. The Morgan fingerprint density at radius 3 is 2.17 bits per heavy atom. The third-order valence-corrected chi connectivity index (χ3v) is 3.64. The van der Waals surface area contributed by atoms with Crippen molar-refractivity contribution in [2.45, 2.75) is 29.6 Å². The van der Waals surface area contributed by atoms with Gasteiger partial charge in [0.05, 0.1) is 24.4 Å². The Bertz CT molecular complexity index is 231. The van der Waals surface area contributed by atoms with Gasteiger partial charge in [0.15, 0.2) is 0 Å². The van der Waals surface area contributed by atoms with E-state index in [1.807, 2.05) is 0 Å². The molecule has 4 rings (SSSR count). The van der Waals surface area contributed by atoms with Gasteiger partial charge >= 0.3 is 0 Å². The molecule has 0 aromatic rings. The van der Waals surface area contributed by atoms with Crippen LogP contribution in [0.1, 0.15) is 12.8 Å². The molecule has 4 fully saturated rings. The van der Waals surface area contributed by atoms with Crippen molar-refractivity contribution in [3.63, 3.8) is 0 Å². The van der Waals surface area contributed by atoms with Crippen molar-refractivity contribution in [2.24, 2.45) is 11.5 Å². The molecule has 12 heavy (non-hydrogen) atoms. The minimum absolute atomic E-state index is 0.0987. The molecular weight excluding hydrogens is 156 g/mol. The van der Waals surface area contributed by atoms with Crippen molar-refractivity contribution in [3.05, 3.63) is 0 Å². The Hall–Kier alpha value is -0.160. The van der Waals surface area contributed by atoms with Gasteiger partial charge in [-0.3, -0.25) is 0 Å². The maximum absolute atomic E-state index is 6.18. The topological polar surface area (TPSA) is 70.5 Å². The zero-order valence-electron chi connectivity index (χ0n) is 7.01. The average molecular weight is 170 g/mol. The zero-order valence-corrected chi connectivity index (χ0v) is 7.01. The Labute approximate surface area is 71.2 Å². The van der Waals surface area contributed by atoms with E-state index in [1.165, 1.54) is 0 Å². The van der Waals surface area contributed by atoms with E-state index in [0.717, 1.165) is 12.8 Å². The number of rotatable bonds is 1. The van der Waals surface area contributed by atoms with Crippen LogP contribution in [0.2, 0.25) is 0 Å². The van der Waals surface area contributed by atoms with E-state index in [0.29, 0.717) is 19.8 Å². The van der Waals surface area contributed by atoms with Gasteiger partial charge in [-0.15, -0.1) is 0 Å². The maximum atomic E-state index is 6.18. The van der Waals surface area contributed by atoms with Crippen LogP contribution in [0.15, 0.2) is 0 Å². The molecule has 4 nitrogen and oxygen atoms in total. The maximum Gasteiger partial charge on any atom is 0.133 e. The minimum atomic E-state index is -0.174. The van der Waals surface area contributed by atoms with E-state index in [1.54, 1.807) is 0 Å². The molecule has 0 atom stereocenters. The van der Waals surface area contributed by atoms with Gasteiger partial charge < -0.3 is 20.9 Å². The first-order chi connectivity index (χ1) is 5.64. The molecule has 0 aromatic heterocycles. The molecule has 0 aromatic carbocycles. The molecule has 0 unspecified atom stereocenters. The van der Waals surface area contributed by atoms with Crippen molar-refractivity contribution in [3.8, 4) is 0 Å². The minimum Gasteiger partial charge on any atom is -0.375 e. The second-order valence-electron chi connectivity index (χ2n) is 4.49. The first-order valence-electron chi connectivity index (χ1n) is 4.41. The number of nitrogens with two attached hydrogens (primary N) is 2. The smallest absolute Gasteiger partial charge is 0.133 e. The van der Waals surface area contributed by atoms with Crippen molar-refractivity contribution >= 4 is 0 Å². The zero-order chi connectivity index (χ0) is 8.45. The van der Waals surface area contributed by atoms with E-state index in [-0.39, 0.29) is 16.7 Å². The van der Waals surface area contributed by atoms with Crippen molar-refractivity contribution in [1.82, 2.24) is 0 Å². The van der Waals surface area contributed by atoms with E-state index < -0.39 is 0 Å². The first-order valence-corrected chi connectivity index (χ1v) is 4.41. The second kappa shape index (κ2) is 1.70. The quantitative estimate of drug-likeness (QED) is 0.528. The number of hydrogen-bond donors (Lipinski definition) is 2. The second-order valence-corrected chi connectivity index (χ2v) is 4.49. The summed E-state index contributed by atoms with van der Waals surface area (Å²) in [4.78, 5) is 0. The third-order valence-electron chi connectivity index (χ3n) is 3.64. The van der Waals surface area contributed by atoms with Gasteiger partial charge in [-0.2, -0.15) is 0 Å². The normalized spacial score (nSPS) is 53.5. The van der Waals surface area contributed by atoms with Gasteiger partial charge in [0.1, 0.15) is 5.60 Å². The van der Waals surface area contributed by atoms with E-state index in [2.05, 4.69) is 0 Å². The Morgan fingerprint density at radius 1 is 1.25 bits per heavy atom. The molecule has 2 bridgehead atoms. The first kappa shape index (κ1) is 7.26. The fraction of sp³-hybridized carbons (Fsp3) is 1.00. The van der Waals surface area contributed by atoms with Gasteiger partial charge in [-0.25, -0.2) is 0 Å². The highest BCUT2D eigenvalue weighted by molar-refractivity contribution is 5.28. The summed E-state index contributed by atoms with van der Waals surface area (Å²) in [6, 6.07) is 0. The SMILES string of the molecule is NCC12CC(N)(C1)C1(COC1)O2. The summed E-state index contributed by atoms with van der Waals surface area (Å²) >= 11 is 0. The van der Waals surface area contributed by atoms with E-state index in [9.17, 15) is 0 Å². The van der Waals surface area contributed by atoms with Gasteiger partial charge in [-0.05, 0) is 12.8 Å². The molecule has 1 saturated carbocycles. The lowest BCUT2D eigenvalue weighted by Gasteiger charge is -2.48. The standard InChI is InChI=1S/C8H14N2O2/c9-3-6-1-7(10,2-6)8(12-6)4-11-5-8/h1-5,9-10H2. The molecular formula is C8H14N2O2. The average Bonchev–Trinajstić information content (AvgIpc) is 2.31. The largest absolute Gasteiger partial charge is 0.375 e. The summed E-state index contributed by atoms with van der Waals surface area (Å²) in [5, 5.41) is 0. The summed E-state index contributed by atoms with van der Waals surface area (Å²) in [6.45, 7) is 1.91. The van der Waals surface area contributed by atoms with Crippen molar-refractivity contribution < 1.29 is 9.47 Å². The van der Waals surface area contributed by atoms with Crippen LogP contribution in [0.3, 0.4) is 0 Å². The summed E-state index contributed by atoms with van der Waals surface area (Å²) in [7, 11) is 0. The molecule has 4 N–H and O–H groups in total. The highest BCUT2D eigenvalue weighted by Crippen LogP contribution is 2.60. The predicted octanol–water partition coefficient (Wildman–Crippen LogP) is -1.03. The molecule has 68 valence electrons. The Balaban J connectivity index is 1.92. The fourth-order valence-corrected chi connectivity index (χ4v) is 2.83. The van der Waals surface area contributed by atoms with Gasteiger partial charge in [0.2, 0.25) is 0 Å². The van der Waals surface area contributed by atoms with Gasteiger partial charge in [0, 0.05) is 6.54 Å². The lowest BCUT2D eigenvalue weighted by atomic mass is 9.62. The van der Waals surface area contributed by atoms with Crippen LogP contribution < -0.4 is 11.5 Å². The summed E-state index contributed by atoms with van der Waals surface area (Å²) in [6.07, 6.45) is 1.83. The molecule has 3 saturated heterocycles. The molecule has 1 spiro atoms. The summed E-state index contributed by atoms with van der Waals surface area (Å²) in [5.74, 6) is 0. The molecule has 3 aliphatic heterocycles. The number of hydrogen-bond acceptors (Lipinski definition) is 4. The molecule has 1 aliphatic carbocycles. The van der Waals surface area contributed by atoms with Crippen LogP contribution in [0.5, 0.6) is 0 Å². The van der Waals surface area contributed by atoms with Gasteiger partial charge in [0.25, 0.3) is 0 Å². The fourth-order valence-electron chi connectivity index (χ4n) is 2.83. The third kappa shape index (κ3) is 0.537. The van der Waals surface area contributed by atoms with Crippen LogP contribution in [-0.2, 0) is 9.47 Å². The lowest BCUT2D eigenvalue weighted by molar-refractivity contribution is -0.204. The lowest BCUT2D eigenvalue weighted by Crippen LogP contribution is -2.69. The summed E-state index contributed by atoms with van der Waals surface area (Å²) < 4.78 is 11.1. The summed E-state index contributed by atoms with van der Waals surface area (Å²) in [5.41, 5.74) is 11.4. The van der Waals surface area contributed by atoms with Crippen LogP contribution >= 0.6 is 0 Å².